The molecule has 1 atom stereocenters. The zero-order valence-corrected chi connectivity index (χ0v) is 10.9. The summed E-state index contributed by atoms with van der Waals surface area (Å²) in [6.07, 6.45) is 2.10. The van der Waals surface area contributed by atoms with Crippen LogP contribution in [0.3, 0.4) is 0 Å². The molecular weight excluding hydrogens is 240 g/mol. The topological polar surface area (TPSA) is 68.3 Å². The first kappa shape index (κ1) is 13.6. The van der Waals surface area contributed by atoms with Gasteiger partial charge in [0.15, 0.2) is 5.01 Å². The zero-order chi connectivity index (χ0) is 12.8. The Hall–Kier alpha value is -1.43. The molecule has 0 radical (unpaired) electrons. The van der Waals surface area contributed by atoms with Gasteiger partial charge in [-0.15, -0.1) is 11.3 Å². The van der Waals surface area contributed by atoms with Gasteiger partial charge in [-0.1, -0.05) is 13.8 Å². The van der Waals surface area contributed by atoms with Gasteiger partial charge in [0, 0.05) is 11.6 Å². The number of nitrogens with one attached hydrogen (secondary N) is 1. The highest BCUT2D eigenvalue weighted by atomic mass is 32.1. The standard InChI is InChI=1S/C11H16N2O3S/c1-7(2)6-8(11(15)16-3)13-9(14)10-12-4-5-17-10/h4-5,7-8H,6H2,1-3H3,(H,13,14). The third kappa shape index (κ3) is 4.14. The highest BCUT2D eigenvalue weighted by molar-refractivity contribution is 7.11. The molecule has 17 heavy (non-hydrogen) atoms. The Balaban J connectivity index is 2.66. The Kier molecular flexibility index (Phi) is 5.09. The van der Waals surface area contributed by atoms with E-state index >= 15 is 0 Å². The number of ether oxygens (including phenoxy) is 1. The number of hydrogen-bond acceptors (Lipinski definition) is 5. The van der Waals surface area contributed by atoms with E-state index in [1.165, 1.54) is 18.4 Å². The molecule has 1 N–H and O–H groups in total. The van der Waals surface area contributed by atoms with Crippen molar-refractivity contribution in [3.63, 3.8) is 0 Å². The molecule has 6 heteroatoms. The lowest BCUT2D eigenvalue weighted by molar-refractivity contribution is -0.143. The Morgan fingerprint density at radius 2 is 2.24 bits per heavy atom. The fourth-order valence-corrected chi connectivity index (χ4v) is 1.92. The molecule has 0 aliphatic carbocycles. The smallest absolute Gasteiger partial charge is 0.328 e. The molecule has 0 aromatic carbocycles. The van der Waals surface area contributed by atoms with Crippen LogP contribution < -0.4 is 5.32 Å². The molecule has 0 saturated heterocycles. The molecule has 1 aromatic rings. The quantitative estimate of drug-likeness (QED) is 0.810. The second-order valence-corrected chi connectivity index (χ2v) is 4.91. The van der Waals surface area contributed by atoms with Crippen LogP contribution in [0, 0.1) is 5.92 Å². The van der Waals surface area contributed by atoms with E-state index in [1.807, 2.05) is 13.8 Å². The van der Waals surface area contributed by atoms with Gasteiger partial charge in [-0.2, -0.15) is 0 Å². The van der Waals surface area contributed by atoms with Gasteiger partial charge in [-0.05, 0) is 12.3 Å². The molecule has 5 nitrogen and oxygen atoms in total. The Labute approximate surface area is 104 Å². The maximum atomic E-state index is 11.7. The van der Waals surface area contributed by atoms with E-state index in [0.29, 0.717) is 11.4 Å². The van der Waals surface area contributed by atoms with Crippen LogP contribution in [0.5, 0.6) is 0 Å². The van der Waals surface area contributed by atoms with Gasteiger partial charge >= 0.3 is 5.97 Å². The van der Waals surface area contributed by atoms with Crippen molar-refractivity contribution < 1.29 is 14.3 Å². The summed E-state index contributed by atoms with van der Waals surface area (Å²) >= 11 is 1.24. The molecule has 1 unspecified atom stereocenters. The average molecular weight is 256 g/mol. The number of carbonyl (C=O) groups excluding carboxylic acids is 2. The maximum Gasteiger partial charge on any atom is 0.328 e. The van der Waals surface area contributed by atoms with Crippen LogP contribution in [-0.2, 0) is 9.53 Å². The van der Waals surface area contributed by atoms with Crippen LogP contribution in [0.2, 0.25) is 0 Å². The second kappa shape index (κ2) is 6.34. The van der Waals surface area contributed by atoms with Crippen molar-refractivity contribution in [2.45, 2.75) is 26.3 Å². The minimum atomic E-state index is -0.614. The third-order valence-corrected chi connectivity index (χ3v) is 2.90. The third-order valence-electron chi connectivity index (χ3n) is 2.12. The van der Waals surface area contributed by atoms with Gasteiger partial charge in [-0.3, -0.25) is 4.79 Å². The summed E-state index contributed by atoms with van der Waals surface area (Å²) in [5.74, 6) is -0.477. The summed E-state index contributed by atoms with van der Waals surface area (Å²) in [6.45, 7) is 3.96. The lowest BCUT2D eigenvalue weighted by Crippen LogP contribution is -2.42. The van der Waals surface area contributed by atoms with E-state index in [2.05, 4.69) is 15.0 Å². The van der Waals surface area contributed by atoms with E-state index in [9.17, 15) is 9.59 Å². The molecule has 0 spiro atoms. The van der Waals surface area contributed by atoms with Crippen LogP contribution >= 0.6 is 11.3 Å². The molecular formula is C11H16N2O3S. The number of amides is 1. The van der Waals surface area contributed by atoms with E-state index in [4.69, 9.17) is 0 Å². The number of nitrogens with zero attached hydrogens (tertiary/aromatic N) is 1. The maximum absolute atomic E-state index is 11.7. The minimum Gasteiger partial charge on any atom is -0.467 e. The van der Waals surface area contributed by atoms with Crippen molar-refractivity contribution in [1.29, 1.82) is 0 Å². The lowest BCUT2D eigenvalue weighted by Gasteiger charge is -2.17. The highest BCUT2D eigenvalue weighted by Crippen LogP contribution is 2.09. The monoisotopic (exact) mass is 256 g/mol. The highest BCUT2D eigenvalue weighted by Gasteiger charge is 2.23. The summed E-state index contributed by atoms with van der Waals surface area (Å²) in [5, 5.41) is 4.70. The Morgan fingerprint density at radius 1 is 1.53 bits per heavy atom. The first-order valence-electron chi connectivity index (χ1n) is 5.32. The molecule has 94 valence electrons. The minimum absolute atomic E-state index is 0.288. The second-order valence-electron chi connectivity index (χ2n) is 4.02. The van der Waals surface area contributed by atoms with Crippen molar-refractivity contribution in [3.05, 3.63) is 16.6 Å². The van der Waals surface area contributed by atoms with E-state index in [0.717, 1.165) is 0 Å². The summed E-state index contributed by atoms with van der Waals surface area (Å²) in [7, 11) is 1.31. The Morgan fingerprint density at radius 3 is 2.71 bits per heavy atom. The van der Waals surface area contributed by atoms with Crippen molar-refractivity contribution >= 4 is 23.2 Å². The van der Waals surface area contributed by atoms with Gasteiger partial charge in [0.05, 0.1) is 7.11 Å². The van der Waals surface area contributed by atoms with Crippen molar-refractivity contribution in [2.24, 2.45) is 5.92 Å². The first-order valence-corrected chi connectivity index (χ1v) is 6.20. The number of esters is 1. The molecule has 0 saturated carbocycles. The molecule has 1 rings (SSSR count). The van der Waals surface area contributed by atoms with Crippen LogP contribution in [0.15, 0.2) is 11.6 Å². The average Bonchev–Trinajstić information content (AvgIpc) is 2.79. The first-order chi connectivity index (χ1) is 8.04. The SMILES string of the molecule is COC(=O)C(CC(C)C)NC(=O)c1nccs1. The zero-order valence-electron chi connectivity index (χ0n) is 10.1. The van der Waals surface area contributed by atoms with E-state index in [-0.39, 0.29) is 11.8 Å². The summed E-state index contributed by atoms with van der Waals surface area (Å²) in [6, 6.07) is -0.614. The van der Waals surface area contributed by atoms with Gasteiger partial charge in [0.2, 0.25) is 0 Å². The summed E-state index contributed by atoms with van der Waals surface area (Å²) < 4.78 is 4.66. The van der Waals surface area contributed by atoms with Crippen LogP contribution in [-0.4, -0.2) is 30.0 Å². The van der Waals surface area contributed by atoms with Gasteiger partial charge in [-0.25, -0.2) is 9.78 Å². The van der Waals surface area contributed by atoms with Gasteiger partial charge in [0.25, 0.3) is 5.91 Å². The largest absolute Gasteiger partial charge is 0.467 e. The predicted octanol–water partition coefficient (Wildman–Crippen LogP) is 1.46. The van der Waals surface area contributed by atoms with Crippen LogP contribution in [0.1, 0.15) is 30.1 Å². The molecule has 0 aliphatic rings. The molecule has 0 fully saturated rings. The summed E-state index contributed by atoms with van der Waals surface area (Å²) in [4.78, 5) is 27.1. The number of methoxy groups -OCH3 is 1. The predicted molar refractivity (Wildman–Crippen MR) is 64.8 cm³/mol. The molecule has 0 aliphatic heterocycles. The molecule has 1 aromatic heterocycles. The number of rotatable bonds is 5. The summed E-state index contributed by atoms with van der Waals surface area (Å²) in [5.41, 5.74) is 0. The number of thiazole rings is 1. The number of carbonyl (C=O) groups is 2. The van der Waals surface area contributed by atoms with Crippen LogP contribution in [0.25, 0.3) is 0 Å². The van der Waals surface area contributed by atoms with Gasteiger partial charge in [0.1, 0.15) is 6.04 Å². The van der Waals surface area contributed by atoms with Crippen molar-refractivity contribution in [2.75, 3.05) is 7.11 Å². The lowest BCUT2D eigenvalue weighted by atomic mass is 10.0. The Bertz CT molecular complexity index is 376. The van der Waals surface area contributed by atoms with Crippen molar-refractivity contribution in [1.82, 2.24) is 10.3 Å². The van der Waals surface area contributed by atoms with Gasteiger partial charge < -0.3 is 10.1 Å². The molecule has 1 heterocycles. The van der Waals surface area contributed by atoms with E-state index < -0.39 is 12.0 Å². The molecule has 1 amide bonds. The van der Waals surface area contributed by atoms with Crippen LogP contribution in [0.4, 0.5) is 0 Å². The van der Waals surface area contributed by atoms with Crippen molar-refractivity contribution in [3.8, 4) is 0 Å². The fraction of sp³-hybridized carbons (Fsp3) is 0.545. The normalized spacial score (nSPS) is 12.2. The van der Waals surface area contributed by atoms with E-state index in [1.54, 1.807) is 11.6 Å². The molecule has 0 bridgehead atoms. The number of aromatic nitrogens is 1. The number of hydrogen-bond donors (Lipinski definition) is 1. The fourth-order valence-electron chi connectivity index (χ4n) is 1.38.